The van der Waals surface area contributed by atoms with Crippen LogP contribution in [0, 0.1) is 0 Å². The van der Waals surface area contributed by atoms with Crippen molar-refractivity contribution in [2.24, 2.45) is 0 Å². The Labute approximate surface area is 215 Å². The number of carbonyl (C=O) groups is 2. The molecule has 0 bridgehead atoms. The van der Waals surface area contributed by atoms with Gasteiger partial charge >= 0.3 is 0 Å². The van der Waals surface area contributed by atoms with Crippen molar-refractivity contribution >= 4 is 35.0 Å². The molecule has 0 heterocycles. The molecule has 0 aliphatic carbocycles. The van der Waals surface area contributed by atoms with E-state index in [-0.39, 0.29) is 31.6 Å². The second-order valence-corrected chi connectivity index (χ2v) is 8.78. The van der Waals surface area contributed by atoms with E-state index in [1.54, 1.807) is 36.4 Å². The van der Waals surface area contributed by atoms with Crippen molar-refractivity contribution in [3.63, 3.8) is 0 Å². The molecule has 8 heteroatoms. The first-order valence-electron chi connectivity index (χ1n) is 11.3. The average molecular weight is 515 g/mol. The molecule has 2 N–H and O–H groups in total. The van der Waals surface area contributed by atoms with Crippen molar-refractivity contribution < 1.29 is 19.4 Å². The molecule has 2 amide bonds. The van der Waals surface area contributed by atoms with Gasteiger partial charge in [0, 0.05) is 31.1 Å². The first kappa shape index (κ1) is 26.5. The van der Waals surface area contributed by atoms with E-state index in [0.717, 1.165) is 11.1 Å². The van der Waals surface area contributed by atoms with Gasteiger partial charge in [0.2, 0.25) is 5.91 Å². The lowest BCUT2D eigenvalue weighted by Gasteiger charge is -2.31. The number of nitrogens with zero attached hydrogens (tertiary/aromatic N) is 1. The van der Waals surface area contributed by atoms with Gasteiger partial charge < -0.3 is 20.1 Å². The standard InChI is InChI=1S/C27H28Cl2N2O4/c28-22-13-11-21(12-14-22)18-31(26(33)19-35-25-10-5-4-9-23(25)29)24(27(34)30-15-6-16-32)17-20-7-2-1-3-8-20/h1-5,7-14,24,32H,6,15-19H2,(H,30,34). The maximum absolute atomic E-state index is 13.5. The minimum Gasteiger partial charge on any atom is -0.482 e. The van der Waals surface area contributed by atoms with Gasteiger partial charge in [-0.15, -0.1) is 0 Å². The van der Waals surface area contributed by atoms with Crippen LogP contribution in [-0.4, -0.2) is 47.6 Å². The smallest absolute Gasteiger partial charge is 0.261 e. The highest BCUT2D eigenvalue weighted by Gasteiger charge is 2.30. The Bertz CT molecular complexity index is 1090. The van der Waals surface area contributed by atoms with Crippen molar-refractivity contribution in [2.75, 3.05) is 19.8 Å². The minimum atomic E-state index is -0.797. The van der Waals surface area contributed by atoms with E-state index in [0.29, 0.717) is 35.2 Å². The third kappa shape index (κ3) is 8.28. The third-order valence-corrected chi connectivity index (χ3v) is 5.92. The van der Waals surface area contributed by atoms with Crippen molar-refractivity contribution in [2.45, 2.75) is 25.4 Å². The van der Waals surface area contributed by atoms with Gasteiger partial charge in [-0.25, -0.2) is 0 Å². The number of para-hydroxylation sites is 1. The number of rotatable bonds is 12. The van der Waals surface area contributed by atoms with Crippen LogP contribution in [0.15, 0.2) is 78.9 Å². The highest BCUT2D eigenvalue weighted by atomic mass is 35.5. The van der Waals surface area contributed by atoms with E-state index < -0.39 is 6.04 Å². The number of hydrogen-bond donors (Lipinski definition) is 2. The number of hydrogen-bond acceptors (Lipinski definition) is 4. The summed E-state index contributed by atoms with van der Waals surface area (Å²) in [4.78, 5) is 28.3. The molecule has 184 valence electrons. The van der Waals surface area contributed by atoms with Crippen LogP contribution >= 0.6 is 23.2 Å². The van der Waals surface area contributed by atoms with Crippen LogP contribution in [0.25, 0.3) is 0 Å². The lowest BCUT2D eigenvalue weighted by atomic mass is 10.0. The summed E-state index contributed by atoms with van der Waals surface area (Å²) in [6, 6.07) is 22.7. The molecule has 0 saturated carbocycles. The highest BCUT2D eigenvalue weighted by molar-refractivity contribution is 6.32. The Kier molecular flexibility index (Phi) is 10.4. The number of aliphatic hydroxyl groups is 1. The molecule has 1 atom stereocenters. The first-order chi connectivity index (χ1) is 17.0. The predicted molar refractivity (Wildman–Crippen MR) is 138 cm³/mol. The molecular weight excluding hydrogens is 487 g/mol. The van der Waals surface area contributed by atoms with Crippen LogP contribution in [0.4, 0.5) is 0 Å². The maximum atomic E-state index is 13.5. The SMILES string of the molecule is O=C(NCCCO)C(Cc1ccccc1)N(Cc1ccc(Cl)cc1)C(=O)COc1ccccc1Cl. The molecule has 1 unspecified atom stereocenters. The van der Waals surface area contributed by atoms with E-state index in [9.17, 15) is 9.59 Å². The summed E-state index contributed by atoms with van der Waals surface area (Å²) in [5.74, 6) is -0.276. The molecule has 3 rings (SSSR count). The normalized spacial score (nSPS) is 11.5. The fourth-order valence-corrected chi connectivity index (χ4v) is 3.85. The zero-order chi connectivity index (χ0) is 25.0. The molecule has 0 aliphatic rings. The van der Waals surface area contributed by atoms with Crippen LogP contribution in [0.2, 0.25) is 10.0 Å². The Morgan fingerprint density at radius 1 is 0.914 bits per heavy atom. The summed E-state index contributed by atoms with van der Waals surface area (Å²) < 4.78 is 5.71. The monoisotopic (exact) mass is 514 g/mol. The molecule has 0 spiro atoms. The van der Waals surface area contributed by atoms with E-state index in [4.69, 9.17) is 33.0 Å². The van der Waals surface area contributed by atoms with Gasteiger partial charge in [0.05, 0.1) is 5.02 Å². The zero-order valence-electron chi connectivity index (χ0n) is 19.2. The van der Waals surface area contributed by atoms with Crippen molar-refractivity contribution in [1.82, 2.24) is 10.2 Å². The first-order valence-corrected chi connectivity index (χ1v) is 12.1. The quantitative estimate of drug-likeness (QED) is 0.348. The molecule has 6 nitrogen and oxygen atoms in total. The van der Waals surface area contributed by atoms with Crippen LogP contribution in [0.1, 0.15) is 17.5 Å². The van der Waals surface area contributed by atoms with Crippen molar-refractivity contribution in [3.8, 4) is 5.75 Å². The zero-order valence-corrected chi connectivity index (χ0v) is 20.7. The number of nitrogens with one attached hydrogen (secondary N) is 1. The second kappa shape index (κ2) is 13.7. The lowest BCUT2D eigenvalue weighted by molar-refractivity contribution is -0.142. The number of halogens is 2. The van der Waals surface area contributed by atoms with E-state index in [1.807, 2.05) is 42.5 Å². The lowest BCUT2D eigenvalue weighted by Crippen LogP contribution is -2.51. The number of aliphatic hydroxyl groups excluding tert-OH is 1. The second-order valence-electron chi connectivity index (χ2n) is 7.94. The van der Waals surface area contributed by atoms with Gasteiger partial charge in [-0.05, 0) is 41.8 Å². The van der Waals surface area contributed by atoms with Gasteiger partial charge in [-0.1, -0.05) is 77.8 Å². The van der Waals surface area contributed by atoms with Crippen molar-refractivity contribution in [1.29, 1.82) is 0 Å². The number of carbonyl (C=O) groups excluding carboxylic acids is 2. The summed E-state index contributed by atoms with van der Waals surface area (Å²) >= 11 is 12.2. The molecule has 0 radical (unpaired) electrons. The molecular formula is C27H28Cl2N2O4. The molecule has 0 fully saturated rings. The molecule has 0 aliphatic heterocycles. The third-order valence-electron chi connectivity index (χ3n) is 5.36. The topological polar surface area (TPSA) is 78.9 Å². The van der Waals surface area contributed by atoms with Crippen LogP contribution in [0.5, 0.6) is 5.75 Å². The van der Waals surface area contributed by atoms with Crippen LogP contribution < -0.4 is 10.1 Å². The van der Waals surface area contributed by atoms with Gasteiger partial charge in [0.1, 0.15) is 11.8 Å². The molecule has 3 aromatic carbocycles. The Morgan fingerprint density at radius 3 is 2.29 bits per heavy atom. The van der Waals surface area contributed by atoms with Gasteiger partial charge in [-0.2, -0.15) is 0 Å². The largest absolute Gasteiger partial charge is 0.482 e. The Hall–Kier alpha value is -3.06. The fourth-order valence-electron chi connectivity index (χ4n) is 3.53. The van der Waals surface area contributed by atoms with E-state index in [2.05, 4.69) is 5.32 Å². The minimum absolute atomic E-state index is 0.0390. The summed E-state index contributed by atoms with van der Waals surface area (Å²) in [5, 5.41) is 12.9. The van der Waals surface area contributed by atoms with Gasteiger partial charge in [0.15, 0.2) is 6.61 Å². The van der Waals surface area contributed by atoms with Gasteiger partial charge in [-0.3, -0.25) is 9.59 Å². The summed E-state index contributed by atoms with van der Waals surface area (Å²) in [6.07, 6.45) is 0.738. The number of amides is 2. The predicted octanol–water partition coefficient (Wildman–Crippen LogP) is 4.51. The highest BCUT2D eigenvalue weighted by Crippen LogP contribution is 2.23. The molecule has 0 saturated heterocycles. The molecule has 3 aromatic rings. The number of benzene rings is 3. The summed E-state index contributed by atoms with van der Waals surface area (Å²) in [7, 11) is 0. The summed E-state index contributed by atoms with van der Waals surface area (Å²) in [5.41, 5.74) is 1.73. The van der Waals surface area contributed by atoms with E-state index >= 15 is 0 Å². The Balaban J connectivity index is 1.88. The number of ether oxygens (including phenoxy) is 1. The molecule has 35 heavy (non-hydrogen) atoms. The Morgan fingerprint density at radius 2 is 1.60 bits per heavy atom. The van der Waals surface area contributed by atoms with E-state index in [1.165, 1.54) is 4.90 Å². The van der Waals surface area contributed by atoms with Crippen LogP contribution in [0.3, 0.4) is 0 Å². The summed E-state index contributed by atoms with van der Waals surface area (Å²) in [6.45, 7) is 0.168. The van der Waals surface area contributed by atoms with Gasteiger partial charge in [0.25, 0.3) is 5.91 Å². The molecule has 0 aromatic heterocycles. The average Bonchev–Trinajstić information content (AvgIpc) is 2.87. The fraction of sp³-hybridized carbons (Fsp3) is 0.259. The van der Waals surface area contributed by atoms with Crippen molar-refractivity contribution in [3.05, 3.63) is 100 Å². The van der Waals surface area contributed by atoms with Crippen LogP contribution in [-0.2, 0) is 22.6 Å². The maximum Gasteiger partial charge on any atom is 0.261 e.